The average molecular weight is 370 g/mol. The van der Waals surface area contributed by atoms with Gasteiger partial charge in [-0.05, 0) is 24.8 Å². The lowest BCUT2D eigenvalue weighted by Crippen LogP contribution is -2.36. The number of nitro groups is 1. The number of rotatable bonds is 8. The topological polar surface area (TPSA) is 144 Å². The van der Waals surface area contributed by atoms with Crippen molar-refractivity contribution in [3.05, 3.63) is 34.4 Å². The smallest absolute Gasteiger partial charge is 0.289 e. The lowest BCUT2D eigenvalue weighted by Gasteiger charge is -2.14. The van der Waals surface area contributed by atoms with E-state index in [0.717, 1.165) is 25.3 Å². The summed E-state index contributed by atoms with van der Waals surface area (Å²) in [4.78, 5) is 21.6. The molecule has 1 amide bonds. The van der Waals surface area contributed by atoms with Gasteiger partial charge in [0.25, 0.3) is 5.69 Å². The van der Waals surface area contributed by atoms with Gasteiger partial charge >= 0.3 is 0 Å². The number of carbonyl (C=O) groups excluding carboxylic acids is 1. The number of nitrogens with two attached hydrogens (primary N) is 1. The molecular formula is C15H22N4O5S. The van der Waals surface area contributed by atoms with Gasteiger partial charge in [-0.25, -0.2) is 13.1 Å². The van der Waals surface area contributed by atoms with E-state index in [1.807, 2.05) is 0 Å². The first kappa shape index (κ1) is 19.3. The Bertz CT molecular complexity index is 737. The number of nitrogens with one attached hydrogen (secondary N) is 2. The number of hydrogen-bond acceptors (Lipinski definition) is 6. The summed E-state index contributed by atoms with van der Waals surface area (Å²) in [5.74, 6) is -0.00380. The van der Waals surface area contributed by atoms with Gasteiger partial charge in [-0.3, -0.25) is 14.9 Å². The lowest BCUT2D eigenvalue weighted by molar-refractivity contribution is -0.387. The highest BCUT2D eigenvalue weighted by atomic mass is 32.2. The van der Waals surface area contributed by atoms with E-state index in [4.69, 9.17) is 5.73 Å². The Labute approximate surface area is 146 Å². The number of sulfonamides is 1. The molecule has 0 unspecified atom stereocenters. The van der Waals surface area contributed by atoms with E-state index in [0.29, 0.717) is 6.42 Å². The predicted octanol–water partition coefficient (Wildman–Crippen LogP) is 0.507. The van der Waals surface area contributed by atoms with E-state index in [2.05, 4.69) is 10.0 Å². The van der Waals surface area contributed by atoms with Gasteiger partial charge in [0.2, 0.25) is 15.9 Å². The number of hydrogen-bond donors (Lipinski definition) is 3. The molecule has 0 aliphatic heterocycles. The van der Waals surface area contributed by atoms with Crippen molar-refractivity contribution in [1.82, 2.24) is 10.0 Å². The molecule has 1 saturated carbocycles. The fourth-order valence-electron chi connectivity index (χ4n) is 2.93. The quantitative estimate of drug-likeness (QED) is 0.345. The highest BCUT2D eigenvalue weighted by Gasteiger charge is 2.26. The third kappa shape index (κ3) is 5.21. The summed E-state index contributed by atoms with van der Waals surface area (Å²) in [5.41, 5.74) is 5.42. The molecule has 0 aromatic heterocycles. The highest BCUT2D eigenvalue weighted by molar-refractivity contribution is 7.89. The summed E-state index contributed by atoms with van der Waals surface area (Å²) in [6, 6.07) is 5.14. The molecule has 10 heteroatoms. The van der Waals surface area contributed by atoms with Gasteiger partial charge in [-0.15, -0.1) is 0 Å². The second-order valence-electron chi connectivity index (χ2n) is 6.03. The minimum atomic E-state index is -4.03. The highest BCUT2D eigenvalue weighted by Crippen LogP contribution is 2.26. The third-order valence-electron chi connectivity index (χ3n) is 4.26. The van der Waals surface area contributed by atoms with E-state index in [1.54, 1.807) is 0 Å². The molecule has 4 N–H and O–H groups in total. The number of nitro benzene ring substituents is 1. The van der Waals surface area contributed by atoms with Crippen molar-refractivity contribution in [2.24, 2.45) is 11.7 Å². The molecule has 0 saturated heterocycles. The van der Waals surface area contributed by atoms with Crippen LogP contribution >= 0.6 is 0 Å². The second kappa shape index (κ2) is 8.37. The molecule has 1 aromatic rings. The van der Waals surface area contributed by atoms with Crippen LogP contribution in [0.5, 0.6) is 0 Å². The van der Waals surface area contributed by atoms with Crippen LogP contribution in [0, 0.1) is 16.0 Å². The Hall–Kier alpha value is -2.04. The summed E-state index contributed by atoms with van der Waals surface area (Å²) in [5, 5.41) is 13.6. The van der Waals surface area contributed by atoms with Crippen LogP contribution in [-0.2, 0) is 14.8 Å². The second-order valence-corrected chi connectivity index (χ2v) is 7.77. The Kier molecular flexibility index (Phi) is 6.45. The number of amides is 1. The first-order chi connectivity index (χ1) is 11.8. The molecule has 138 valence electrons. The van der Waals surface area contributed by atoms with Gasteiger partial charge in [-0.2, -0.15) is 0 Å². The zero-order valence-corrected chi connectivity index (χ0v) is 14.5. The molecule has 0 spiro atoms. The Morgan fingerprint density at radius 3 is 2.64 bits per heavy atom. The lowest BCUT2D eigenvalue weighted by atomic mass is 10.00. The molecule has 1 aliphatic carbocycles. The van der Waals surface area contributed by atoms with Crippen LogP contribution in [0.4, 0.5) is 5.69 Å². The van der Waals surface area contributed by atoms with E-state index >= 15 is 0 Å². The fourth-order valence-corrected chi connectivity index (χ4v) is 4.13. The summed E-state index contributed by atoms with van der Waals surface area (Å²) in [6.07, 6.45) is 3.21. The molecule has 1 fully saturated rings. The molecule has 0 heterocycles. The van der Waals surface area contributed by atoms with Gasteiger partial charge in [0.15, 0.2) is 4.90 Å². The summed E-state index contributed by atoms with van der Waals surface area (Å²) in [6.45, 7) is 0.0392. The molecule has 0 bridgehead atoms. The van der Waals surface area contributed by atoms with Crippen molar-refractivity contribution in [3.8, 4) is 0 Å². The van der Waals surface area contributed by atoms with Crippen LogP contribution < -0.4 is 15.8 Å². The van der Waals surface area contributed by atoms with Gasteiger partial charge in [0, 0.05) is 31.6 Å². The van der Waals surface area contributed by atoms with Gasteiger partial charge < -0.3 is 11.1 Å². The molecule has 25 heavy (non-hydrogen) atoms. The zero-order chi connectivity index (χ0) is 18.4. The van der Waals surface area contributed by atoms with Crippen molar-refractivity contribution in [3.63, 3.8) is 0 Å². The van der Waals surface area contributed by atoms with Crippen LogP contribution in [0.25, 0.3) is 0 Å². The zero-order valence-electron chi connectivity index (χ0n) is 13.7. The van der Waals surface area contributed by atoms with Crippen LogP contribution in [0.15, 0.2) is 29.2 Å². The van der Waals surface area contributed by atoms with Crippen molar-refractivity contribution in [2.45, 2.75) is 36.6 Å². The fraction of sp³-hybridized carbons (Fsp3) is 0.533. The van der Waals surface area contributed by atoms with Gasteiger partial charge in [0.1, 0.15) is 0 Å². The SMILES string of the molecule is N[C@@H]1CCC[C@H]1CC(=O)NCCNS(=O)(=O)c1ccccc1[N+](=O)[O-]. The van der Waals surface area contributed by atoms with E-state index < -0.39 is 25.5 Å². The molecule has 9 nitrogen and oxygen atoms in total. The Balaban J connectivity index is 1.83. The van der Waals surface area contributed by atoms with Crippen LogP contribution in [0.3, 0.4) is 0 Å². The number of nitrogens with zero attached hydrogens (tertiary/aromatic N) is 1. The van der Waals surface area contributed by atoms with Gasteiger partial charge in [-0.1, -0.05) is 18.6 Å². The minimum Gasteiger partial charge on any atom is -0.355 e. The molecule has 0 radical (unpaired) electrons. The summed E-state index contributed by atoms with van der Waals surface area (Å²) in [7, 11) is -4.03. The summed E-state index contributed by atoms with van der Waals surface area (Å²) >= 11 is 0. The minimum absolute atomic E-state index is 0.0443. The van der Waals surface area contributed by atoms with Crippen molar-refractivity contribution in [1.29, 1.82) is 0 Å². The van der Waals surface area contributed by atoms with E-state index in [1.165, 1.54) is 18.2 Å². The van der Waals surface area contributed by atoms with Crippen molar-refractivity contribution in [2.75, 3.05) is 13.1 Å². The van der Waals surface area contributed by atoms with Gasteiger partial charge in [0.05, 0.1) is 4.92 Å². The van der Waals surface area contributed by atoms with Crippen LogP contribution in [-0.4, -0.2) is 38.4 Å². The maximum absolute atomic E-state index is 12.2. The number of para-hydroxylation sites is 1. The average Bonchev–Trinajstić information content (AvgIpc) is 2.96. The Morgan fingerprint density at radius 1 is 1.28 bits per heavy atom. The maximum atomic E-state index is 12.2. The summed E-state index contributed by atoms with van der Waals surface area (Å²) < 4.78 is 26.6. The molecule has 1 aromatic carbocycles. The maximum Gasteiger partial charge on any atom is 0.289 e. The monoisotopic (exact) mass is 370 g/mol. The van der Waals surface area contributed by atoms with Crippen LogP contribution in [0.1, 0.15) is 25.7 Å². The van der Waals surface area contributed by atoms with Crippen molar-refractivity contribution < 1.29 is 18.1 Å². The van der Waals surface area contributed by atoms with E-state index in [9.17, 15) is 23.3 Å². The predicted molar refractivity (Wildman–Crippen MR) is 91.2 cm³/mol. The molecule has 1 aliphatic rings. The number of benzene rings is 1. The molecule has 2 atom stereocenters. The molecule has 2 rings (SSSR count). The number of carbonyl (C=O) groups is 1. The third-order valence-corrected chi connectivity index (χ3v) is 5.76. The normalized spacial score (nSPS) is 20.4. The first-order valence-corrected chi connectivity index (χ1v) is 9.55. The largest absolute Gasteiger partial charge is 0.355 e. The first-order valence-electron chi connectivity index (χ1n) is 8.06. The van der Waals surface area contributed by atoms with Crippen molar-refractivity contribution >= 4 is 21.6 Å². The standard InChI is InChI=1S/C15H22N4O5S/c16-12-5-3-4-11(12)10-15(20)17-8-9-18-25(23,24)14-7-2-1-6-13(14)19(21)22/h1-2,6-7,11-12,18H,3-5,8-10,16H2,(H,17,20)/t11-,12+/m0/s1. The van der Waals surface area contributed by atoms with Crippen LogP contribution in [0.2, 0.25) is 0 Å². The molecular weight excluding hydrogens is 348 g/mol. The van der Waals surface area contributed by atoms with E-state index in [-0.39, 0.29) is 31.0 Å². The Morgan fingerprint density at radius 2 is 2.00 bits per heavy atom.